The van der Waals surface area contributed by atoms with E-state index in [1.165, 1.54) is 12.3 Å². The van der Waals surface area contributed by atoms with Crippen molar-refractivity contribution in [1.29, 1.82) is 0 Å². The summed E-state index contributed by atoms with van der Waals surface area (Å²) in [5.74, 6) is -0.583. The summed E-state index contributed by atoms with van der Waals surface area (Å²) in [6, 6.07) is 1.38. The lowest BCUT2D eigenvalue weighted by molar-refractivity contribution is 0.542. The molecule has 0 saturated heterocycles. The van der Waals surface area contributed by atoms with Crippen LogP contribution in [0.25, 0.3) is 33.7 Å². The van der Waals surface area contributed by atoms with E-state index in [0.717, 1.165) is 12.2 Å². The molecule has 1 aromatic carbocycles. The molecule has 1 aliphatic rings. The molecule has 3 aromatic heterocycles. The maximum atomic E-state index is 15.1. The van der Waals surface area contributed by atoms with Crippen LogP contribution in [0.3, 0.4) is 0 Å². The van der Waals surface area contributed by atoms with Gasteiger partial charge < -0.3 is 5.32 Å². The minimum Gasteiger partial charge on any atom is -0.312 e. The van der Waals surface area contributed by atoms with Gasteiger partial charge in [-0.3, -0.25) is 5.10 Å². The van der Waals surface area contributed by atoms with Crippen molar-refractivity contribution in [1.82, 2.24) is 35.5 Å². The van der Waals surface area contributed by atoms with Crippen LogP contribution in [0.15, 0.2) is 24.7 Å². The molecule has 4 aromatic rings. The van der Waals surface area contributed by atoms with Crippen LogP contribution in [0.1, 0.15) is 23.9 Å². The molecule has 0 aliphatic carbocycles. The minimum absolute atomic E-state index is 0.0189. The van der Waals surface area contributed by atoms with Crippen LogP contribution < -0.4 is 5.32 Å². The third-order valence-corrected chi connectivity index (χ3v) is 5.10. The van der Waals surface area contributed by atoms with Crippen LogP contribution in [-0.4, -0.2) is 36.7 Å². The van der Waals surface area contributed by atoms with Crippen molar-refractivity contribution in [3.8, 4) is 22.6 Å². The standard InChI is InChI=1S/C20H17F2N7/c1-2-15-24-6-11(7-25-15)18-19-14(28-29-18)9-26-20(27-19)16-13(21)5-10-3-4-23-8-12(10)17(16)22/h5-7,9,23H,2-4,8H2,1H3,(H,28,29). The van der Waals surface area contributed by atoms with E-state index in [1.54, 1.807) is 12.4 Å². The smallest absolute Gasteiger partial charge is 0.165 e. The maximum Gasteiger partial charge on any atom is 0.165 e. The number of nitrogens with zero attached hydrogens (tertiary/aromatic N) is 5. The average molecular weight is 393 g/mol. The minimum atomic E-state index is -0.664. The Bertz CT molecular complexity index is 1220. The summed E-state index contributed by atoms with van der Waals surface area (Å²) in [6.07, 6.45) is 6.11. The quantitative estimate of drug-likeness (QED) is 0.556. The molecule has 0 saturated carbocycles. The van der Waals surface area contributed by atoms with Gasteiger partial charge in [-0.05, 0) is 24.6 Å². The van der Waals surface area contributed by atoms with E-state index < -0.39 is 11.6 Å². The van der Waals surface area contributed by atoms with Crippen molar-refractivity contribution >= 4 is 11.0 Å². The monoisotopic (exact) mass is 393 g/mol. The van der Waals surface area contributed by atoms with Gasteiger partial charge in [0.2, 0.25) is 0 Å². The topological polar surface area (TPSA) is 92.3 Å². The molecule has 9 heteroatoms. The highest BCUT2D eigenvalue weighted by Crippen LogP contribution is 2.32. The van der Waals surface area contributed by atoms with Crippen molar-refractivity contribution in [3.63, 3.8) is 0 Å². The van der Waals surface area contributed by atoms with E-state index in [1.807, 2.05) is 6.92 Å². The second-order valence-corrected chi connectivity index (χ2v) is 6.88. The first-order valence-corrected chi connectivity index (χ1v) is 9.39. The van der Waals surface area contributed by atoms with Gasteiger partial charge in [0.25, 0.3) is 0 Å². The van der Waals surface area contributed by atoms with E-state index >= 15 is 4.39 Å². The summed E-state index contributed by atoms with van der Waals surface area (Å²) in [6.45, 7) is 3.02. The first kappa shape index (κ1) is 17.7. The highest BCUT2D eigenvalue weighted by molar-refractivity contribution is 5.89. The Hall–Kier alpha value is -3.33. The molecular formula is C20H17F2N7. The van der Waals surface area contributed by atoms with Gasteiger partial charge in [-0.1, -0.05) is 6.92 Å². The summed E-state index contributed by atoms with van der Waals surface area (Å²) in [7, 11) is 0. The first-order valence-electron chi connectivity index (χ1n) is 9.39. The molecule has 0 radical (unpaired) electrons. The summed E-state index contributed by atoms with van der Waals surface area (Å²) < 4.78 is 29.9. The van der Waals surface area contributed by atoms with Gasteiger partial charge in [0, 0.05) is 36.5 Å². The number of aryl methyl sites for hydroxylation is 1. The molecular weight excluding hydrogens is 376 g/mol. The fourth-order valence-corrected chi connectivity index (χ4v) is 3.56. The van der Waals surface area contributed by atoms with Crippen molar-refractivity contribution in [3.05, 3.63) is 53.2 Å². The van der Waals surface area contributed by atoms with Crippen molar-refractivity contribution in [2.45, 2.75) is 26.3 Å². The second-order valence-electron chi connectivity index (χ2n) is 6.88. The van der Waals surface area contributed by atoms with Crippen LogP contribution in [-0.2, 0) is 19.4 Å². The number of aromatic nitrogens is 6. The van der Waals surface area contributed by atoms with E-state index in [0.29, 0.717) is 52.9 Å². The Morgan fingerprint density at radius 1 is 1.10 bits per heavy atom. The Labute approximate surface area is 164 Å². The predicted octanol–water partition coefficient (Wildman–Crippen LogP) is 2.96. The lowest BCUT2D eigenvalue weighted by atomic mass is 9.96. The van der Waals surface area contributed by atoms with Gasteiger partial charge in [-0.25, -0.2) is 28.7 Å². The number of nitrogens with one attached hydrogen (secondary N) is 2. The SMILES string of the molecule is CCc1ncc(-c2n[nH]c3cnc(-c4c(F)cc5c(c4F)CNCC5)nc23)cn1. The zero-order chi connectivity index (χ0) is 20.0. The lowest BCUT2D eigenvalue weighted by Crippen LogP contribution is -2.25. The Balaban J connectivity index is 1.65. The van der Waals surface area contributed by atoms with Crippen LogP contribution in [0.2, 0.25) is 0 Å². The molecule has 0 atom stereocenters. The molecule has 29 heavy (non-hydrogen) atoms. The highest BCUT2D eigenvalue weighted by Gasteiger charge is 2.24. The lowest BCUT2D eigenvalue weighted by Gasteiger charge is -2.19. The summed E-state index contributed by atoms with van der Waals surface area (Å²) in [4.78, 5) is 17.2. The molecule has 7 nitrogen and oxygen atoms in total. The summed E-state index contributed by atoms with van der Waals surface area (Å²) in [5, 5.41) is 10.2. The summed E-state index contributed by atoms with van der Waals surface area (Å²) >= 11 is 0. The highest BCUT2D eigenvalue weighted by atomic mass is 19.1. The molecule has 0 fully saturated rings. The normalized spacial score (nSPS) is 13.6. The number of fused-ring (bicyclic) bond motifs is 2. The molecule has 0 unspecified atom stereocenters. The maximum absolute atomic E-state index is 15.1. The number of H-pyrrole nitrogens is 1. The summed E-state index contributed by atoms with van der Waals surface area (Å²) in [5.41, 5.74) is 3.11. The molecule has 4 heterocycles. The molecule has 0 bridgehead atoms. The van der Waals surface area contributed by atoms with Gasteiger partial charge in [0.1, 0.15) is 34.2 Å². The molecule has 2 N–H and O–H groups in total. The zero-order valence-electron chi connectivity index (χ0n) is 15.6. The number of hydrogen-bond acceptors (Lipinski definition) is 6. The van der Waals surface area contributed by atoms with Gasteiger partial charge in [0.05, 0.1) is 11.8 Å². The first-order chi connectivity index (χ1) is 14.2. The molecule has 5 rings (SSSR count). The Kier molecular flexibility index (Phi) is 4.24. The fraction of sp³-hybridized carbons (Fsp3) is 0.250. The van der Waals surface area contributed by atoms with E-state index in [4.69, 9.17) is 0 Å². The van der Waals surface area contributed by atoms with Gasteiger partial charge >= 0.3 is 0 Å². The third-order valence-electron chi connectivity index (χ3n) is 5.10. The number of hydrogen-bond donors (Lipinski definition) is 2. The van der Waals surface area contributed by atoms with Crippen LogP contribution >= 0.6 is 0 Å². The molecule has 146 valence electrons. The van der Waals surface area contributed by atoms with Crippen LogP contribution in [0.4, 0.5) is 8.78 Å². The molecule has 0 amide bonds. The van der Waals surface area contributed by atoms with Crippen LogP contribution in [0, 0.1) is 11.6 Å². The average Bonchev–Trinajstić information content (AvgIpc) is 3.17. The number of benzene rings is 1. The van der Waals surface area contributed by atoms with Crippen molar-refractivity contribution in [2.75, 3.05) is 6.54 Å². The van der Waals surface area contributed by atoms with Gasteiger partial charge in [-0.15, -0.1) is 0 Å². The molecule has 1 aliphatic heterocycles. The number of aromatic amines is 1. The molecule has 0 spiro atoms. The predicted molar refractivity (Wildman–Crippen MR) is 103 cm³/mol. The number of rotatable bonds is 3. The van der Waals surface area contributed by atoms with Gasteiger partial charge in [-0.2, -0.15) is 5.10 Å². The van der Waals surface area contributed by atoms with Crippen molar-refractivity contribution in [2.24, 2.45) is 0 Å². The fourth-order valence-electron chi connectivity index (χ4n) is 3.56. The number of halogens is 2. The van der Waals surface area contributed by atoms with E-state index in [9.17, 15) is 4.39 Å². The Morgan fingerprint density at radius 3 is 2.72 bits per heavy atom. The largest absolute Gasteiger partial charge is 0.312 e. The van der Waals surface area contributed by atoms with Crippen LogP contribution in [0.5, 0.6) is 0 Å². The second kappa shape index (κ2) is 6.93. The van der Waals surface area contributed by atoms with Crippen molar-refractivity contribution < 1.29 is 8.78 Å². The van der Waals surface area contributed by atoms with E-state index in [2.05, 4.69) is 35.5 Å². The van der Waals surface area contributed by atoms with E-state index in [-0.39, 0.29) is 11.4 Å². The zero-order valence-corrected chi connectivity index (χ0v) is 15.6. The van der Waals surface area contributed by atoms with Gasteiger partial charge in [0.15, 0.2) is 5.82 Å². The Morgan fingerprint density at radius 2 is 1.93 bits per heavy atom. The third kappa shape index (κ3) is 2.94.